The zero-order chi connectivity index (χ0) is 20.6. The van der Waals surface area contributed by atoms with Gasteiger partial charge in [-0.3, -0.25) is 0 Å². The van der Waals surface area contributed by atoms with Gasteiger partial charge in [-0.15, -0.1) is 0 Å². The van der Waals surface area contributed by atoms with E-state index < -0.39 is 0 Å². The third-order valence-electron chi connectivity index (χ3n) is 5.67. The van der Waals surface area contributed by atoms with E-state index in [9.17, 15) is 0 Å². The normalized spacial score (nSPS) is 19.0. The van der Waals surface area contributed by atoms with Gasteiger partial charge in [0.25, 0.3) is 0 Å². The molecule has 0 spiro atoms. The Hall–Kier alpha value is -2.94. The predicted octanol–water partition coefficient (Wildman–Crippen LogP) is 7.07. The fraction of sp³-hybridized carbons (Fsp3) is 0.308. The number of hydrogen-bond donors (Lipinski definition) is 2. The van der Waals surface area contributed by atoms with Crippen LogP contribution in [0.3, 0.4) is 0 Å². The lowest BCUT2D eigenvalue weighted by Crippen LogP contribution is -2.40. The largest absolute Gasteiger partial charge is 0.361 e. The summed E-state index contributed by atoms with van der Waals surface area (Å²) in [4.78, 5) is 2.46. The fourth-order valence-corrected chi connectivity index (χ4v) is 4.19. The molecular formula is C26H31N3. The van der Waals surface area contributed by atoms with Crippen molar-refractivity contribution in [3.8, 4) is 0 Å². The summed E-state index contributed by atoms with van der Waals surface area (Å²) in [6.07, 6.45) is 0.238. The molecule has 0 aromatic heterocycles. The predicted molar refractivity (Wildman–Crippen MR) is 125 cm³/mol. The van der Waals surface area contributed by atoms with Gasteiger partial charge in [0.1, 0.15) is 12.3 Å². The van der Waals surface area contributed by atoms with E-state index in [1.54, 1.807) is 0 Å². The zero-order valence-electron chi connectivity index (χ0n) is 18.0. The van der Waals surface area contributed by atoms with Crippen LogP contribution in [-0.2, 0) is 5.41 Å². The first kappa shape index (κ1) is 19.4. The summed E-state index contributed by atoms with van der Waals surface area (Å²) in [6, 6.07) is 26.2. The van der Waals surface area contributed by atoms with Crippen molar-refractivity contribution in [2.24, 2.45) is 0 Å². The second-order valence-corrected chi connectivity index (χ2v) is 8.48. The Labute approximate surface area is 174 Å². The molecule has 0 saturated heterocycles. The first-order valence-electron chi connectivity index (χ1n) is 10.6. The molecule has 0 aliphatic carbocycles. The van der Waals surface area contributed by atoms with Gasteiger partial charge >= 0.3 is 0 Å². The fourth-order valence-electron chi connectivity index (χ4n) is 4.19. The van der Waals surface area contributed by atoms with Gasteiger partial charge in [0.15, 0.2) is 0 Å². The standard InChI is InChI=1S/C24H25N3.C2H6/c1-24(2,3)17-14-12-16(13-15-17)22-25-19-9-5-4-8-18(19)23-26-20-10-6-7-11-21(20)27(22)23;1-2/h4-15,22-23,25-26H,1-3H3;1-2H3. The SMILES string of the molecule is CC.CC(C)(C)c1ccc(C2Nc3ccccc3C3Nc4ccccc4N23)cc1. The monoisotopic (exact) mass is 385 g/mol. The van der Waals surface area contributed by atoms with Crippen LogP contribution in [0.25, 0.3) is 0 Å². The van der Waals surface area contributed by atoms with Crippen LogP contribution in [0.15, 0.2) is 72.8 Å². The molecule has 0 fully saturated rings. The third kappa shape index (κ3) is 3.35. The molecule has 2 aliphatic rings. The minimum Gasteiger partial charge on any atom is -0.361 e. The summed E-state index contributed by atoms with van der Waals surface area (Å²) >= 11 is 0. The molecule has 150 valence electrons. The minimum atomic E-state index is 0.0927. The number of nitrogens with one attached hydrogen (secondary N) is 2. The lowest BCUT2D eigenvalue weighted by atomic mass is 9.86. The van der Waals surface area contributed by atoms with E-state index >= 15 is 0 Å². The van der Waals surface area contributed by atoms with Crippen LogP contribution in [0.4, 0.5) is 17.1 Å². The van der Waals surface area contributed by atoms with Crippen molar-refractivity contribution in [3.05, 3.63) is 89.5 Å². The molecule has 3 heteroatoms. The van der Waals surface area contributed by atoms with Gasteiger partial charge in [-0.2, -0.15) is 0 Å². The number of fused-ring (bicyclic) bond motifs is 5. The molecule has 0 radical (unpaired) electrons. The van der Waals surface area contributed by atoms with Crippen LogP contribution in [-0.4, -0.2) is 0 Å². The van der Waals surface area contributed by atoms with E-state index in [1.165, 1.54) is 33.8 Å². The molecule has 0 saturated carbocycles. The van der Waals surface area contributed by atoms with E-state index in [0.717, 1.165) is 0 Å². The Morgan fingerprint density at radius 3 is 1.97 bits per heavy atom. The van der Waals surface area contributed by atoms with Crippen LogP contribution in [0.1, 0.15) is 63.6 Å². The molecule has 0 amide bonds. The molecule has 2 N–H and O–H groups in total. The molecule has 0 bridgehead atoms. The number of rotatable bonds is 1. The van der Waals surface area contributed by atoms with Crippen molar-refractivity contribution in [2.75, 3.05) is 15.5 Å². The lowest BCUT2D eigenvalue weighted by molar-refractivity contribution is 0.585. The summed E-state index contributed by atoms with van der Waals surface area (Å²) in [5.74, 6) is 0. The van der Waals surface area contributed by atoms with Crippen molar-refractivity contribution >= 4 is 17.1 Å². The van der Waals surface area contributed by atoms with Crippen LogP contribution in [0.5, 0.6) is 0 Å². The van der Waals surface area contributed by atoms with Crippen LogP contribution >= 0.6 is 0 Å². The maximum Gasteiger partial charge on any atom is 0.130 e. The molecule has 2 atom stereocenters. The Balaban J connectivity index is 0.000000994. The van der Waals surface area contributed by atoms with Crippen LogP contribution in [0, 0.1) is 0 Å². The summed E-state index contributed by atoms with van der Waals surface area (Å²) in [6.45, 7) is 10.8. The van der Waals surface area contributed by atoms with Gasteiger partial charge in [-0.05, 0) is 34.7 Å². The van der Waals surface area contributed by atoms with Gasteiger partial charge in [-0.1, -0.05) is 89.2 Å². The first-order chi connectivity index (χ1) is 14.0. The molecule has 2 heterocycles. The highest BCUT2D eigenvalue weighted by molar-refractivity contribution is 5.80. The highest BCUT2D eigenvalue weighted by Gasteiger charge is 2.40. The molecule has 3 aromatic carbocycles. The number of nitrogens with zero attached hydrogens (tertiary/aromatic N) is 1. The van der Waals surface area contributed by atoms with Crippen molar-refractivity contribution in [1.82, 2.24) is 0 Å². The topological polar surface area (TPSA) is 27.3 Å². The summed E-state index contributed by atoms with van der Waals surface area (Å²) in [5, 5.41) is 7.48. The Morgan fingerprint density at radius 1 is 0.690 bits per heavy atom. The summed E-state index contributed by atoms with van der Waals surface area (Å²) in [5.41, 5.74) is 7.72. The number of para-hydroxylation sites is 3. The van der Waals surface area contributed by atoms with Crippen molar-refractivity contribution < 1.29 is 0 Å². The number of anilines is 3. The lowest BCUT2D eigenvalue weighted by Gasteiger charge is -2.41. The van der Waals surface area contributed by atoms with Crippen LogP contribution < -0.4 is 15.5 Å². The second-order valence-electron chi connectivity index (χ2n) is 8.48. The number of hydrogen-bond acceptors (Lipinski definition) is 3. The minimum absolute atomic E-state index is 0.0927. The van der Waals surface area contributed by atoms with Crippen molar-refractivity contribution in [1.29, 1.82) is 0 Å². The van der Waals surface area contributed by atoms with Gasteiger partial charge < -0.3 is 15.5 Å². The highest BCUT2D eigenvalue weighted by atomic mass is 15.4. The molecular weight excluding hydrogens is 354 g/mol. The highest BCUT2D eigenvalue weighted by Crippen LogP contribution is 2.50. The second kappa shape index (κ2) is 7.47. The Bertz CT molecular complexity index is 985. The smallest absolute Gasteiger partial charge is 0.130 e. The molecule has 3 nitrogen and oxygen atoms in total. The third-order valence-corrected chi connectivity index (χ3v) is 5.67. The summed E-state index contributed by atoms with van der Waals surface area (Å²) in [7, 11) is 0. The van der Waals surface area contributed by atoms with E-state index in [2.05, 4.69) is 109 Å². The zero-order valence-corrected chi connectivity index (χ0v) is 18.0. The Morgan fingerprint density at radius 2 is 1.28 bits per heavy atom. The van der Waals surface area contributed by atoms with E-state index in [-0.39, 0.29) is 17.7 Å². The maximum absolute atomic E-state index is 3.77. The Kier molecular flexibility index (Phi) is 4.99. The van der Waals surface area contributed by atoms with Gasteiger partial charge in [0.05, 0.1) is 11.4 Å². The average molecular weight is 386 g/mol. The van der Waals surface area contributed by atoms with Gasteiger partial charge in [0, 0.05) is 11.3 Å². The van der Waals surface area contributed by atoms with Gasteiger partial charge in [0.2, 0.25) is 0 Å². The van der Waals surface area contributed by atoms with Crippen molar-refractivity contribution in [2.45, 2.75) is 52.4 Å². The van der Waals surface area contributed by atoms with Gasteiger partial charge in [-0.25, -0.2) is 0 Å². The van der Waals surface area contributed by atoms with E-state index in [1.807, 2.05) is 13.8 Å². The average Bonchev–Trinajstić information content (AvgIpc) is 3.14. The maximum atomic E-state index is 3.77. The molecule has 29 heavy (non-hydrogen) atoms. The summed E-state index contributed by atoms with van der Waals surface area (Å²) < 4.78 is 0. The molecule has 2 aliphatic heterocycles. The molecule has 5 rings (SSSR count). The molecule has 3 aromatic rings. The van der Waals surface area contributed by atoms with Crippen LogP contribution in [0.2, 0.25) is 0 Å². The van der Waals surface area contributed by atoms with E-state index in [4.69, 9.17) is 0 Å². The molecule has 2 unspecified atom stereocenters. The first-order valence-corrected chi connectivity index (χ1v) is 10.6. The van der Waals surface area contributed by atoms with E-state index in [0.29, 0.717) is 0 Å². The van der Waals surface area contributed by atoms with Crippen molar-refractivity contribution in [3.63, 3.8) is 0 Å². The quantitative estimate of drug-likeness (QED) is 0.469. The number of benzene rings is 3.